The molecule has 3 rings (SSSR count). The molecule has 4 unspecified atom stereocenters. The molecule has 20 heavy (non-hydrogen) atoms. The largest absolute Gasteiger partial charge is 0.393 e. The minimum Gasteiger partial charge on any atom is -0.393 e. The standard InChI is InChI=1S/C16H23FN2O/c1-10(18)16(11-3-2-4-12(17)7-11)19-13-5-6-14(19)9-15(20)8-13/h2-4,7,10,13-16,20H,5-6,8-9,18H2,1H3. The molecule has 4 atom stereocenters. The highest BCUT2D eigenvalue weighted by Crippen LogP contribution is 2.42. The van der Waals surface area contributed by atoms with Crippen molar-refractivity contribution in [1.29, 1.82) is 0 Å². The summed E-state index contributed by atoms with van der Waals surface area (Å²) in [6.45, 7) is 1.99. The van der Waals surface area contributed by atoms with E-state index in [0.717, 1.165) is 31.2 Å². The van der Waals surface area contributed by atoms with Crippen molar-refractivity contribution in [2.24, 2.45) is 5.73 Å². The average Bonchev–Trinajstić information content (AvgIpc) is 2.63. The lowest BCUT2D eigenvalue weighted by Crippen LogP contribution is -2.50. The number of hydrogen-bond acceptors (Lipinski definition) is 3. The van der Waals surface area contributed by atoms with Crippen LogP contribution in [0.25, 0.3) is 0 Å². The van der Waals surface area contributed by atoms with Crippen molar-refractivity contribution in [2.75, 3.05) is 0 Å². The molecule has 2 bridgehead atoms. The molecule has 4 heteroatoms. The SMILES string of the molecule is CC(N)C(c1cccc(F)c1)N1C2CCC1CC(O)C2. The Morgan fingerprint density at radius 3 is 2.50 bits per heavy atom. The van der Waals surface area contributed by atoms with Gasteiger partial charge in [0.25, 0.3) is 0 Å². The topological polar surface area (TPSA) is 49.5 Å². The van der Waals surface area contributed by atoms with Gasteiger partial charge >= 0.3 is 0 Å². The molecule has 2 aliphatic rings. The number of aliphatic hydroxyl groups is 1. The summed E-state index contributed by atoms with van der Waals surface area (Å²) >= 11 is 0. The van der Waals surface area contributed by atoms with E-state index in [4.69, 9.17) is 5.73 Å². The van der Waals surface area contributed by atoms with Gasteiger partial charge in [0.2, 0.25) is 0 Å². The molecule has 0 radical (unpaired) electrons. The number of nitrogens with two attached hydrogens (primary N) is 1. The lowest BCUT2D eigenvalue weighted by Gasteiger charge is -2.44. The van der Waals surface area contributed by atoms with Crippen LogP contribution in [0, 0.1) is 5.82 Å². The first-order chi connectivity index (χ1) is 9.56. The maximum Gasteiger partial charge on any atom is 0.123 e. The monoisotopic (exact) mass is 278 g/mol. The third kappa shape index (κ3) is 2.48. The smallest absolute Gasteiger partial charge is 0.123 e. The summed E-state index contributed by atoms with van der Waals surface area (Å²) in [7, 11) is 0. The minimum atomic E-state index is -0.211. The van der Waals surface area contributed by atoms with Gasteiger partial charge in [-0.15, -0.1) is 0 Å². The number of piperidine rings is 1. The van der Waals surface area contributed by atoms with Crippen molar-refractivity contribution in [1.82, 2.24) is 4.90 Å². The van der Waals surface area contributed by atoms with E-state index in [-0.39, 0.29) is 24.0 Å². The lowest BCUT2D eigenvalue weighted by molar-refractivity contribution is 0.00404. The number of halogens is 1. The van der Waals surface area contributed by atoms with Crippen molar-refractivity contribution in [3.63, 3.8) is 0 Å². The first-order valence-electron chi connectivity index (χ1n) is 7.53. The van der Waals surface area contributed by atoms with Crippen LogP contribution >= 0.6 is 0 Å². The Morgan fingerprint density at radius 1 is 1.30 bits per heavy atom. The molecule has 2 fully saturated rings. The van der Waals surface area contributed by atoms with Gasteiger partial charge in [0.1, 0.15) is 5.82 Å². The van der Waals surface area contributed by atoms with Gasteiger partial charge < -0.3 is 10.8 Å². The van der Waals surface area contributed by atoms with E-state index in [0.29, 0.717) is 12.1 Å². The van der Waals surface area contributed by atoms with Crippen molar-refractivity contribution in [2.45, 2.75) is 62.9 Å². The second-order valence-electron chi connectivity index (χ2n) is 6.32. The first-order valence-corrected chi connectivity index (χ1v) is 7.53. The molecular weight excluding hydrogens is 255 g/mol. The number of rotatable bonds is 3. The fourth-order valence-electron chi connectivity index (χ4n) is 4.08. The zero-order valence-electron chi connectivity index (χ0n) is 11.9. The first kappa shape index (κ1) is 14.0. The van der Waals surface area contributed by atoms with E-state index in [9.17, 15) is 9.50 Å². The Bertz CT molecular complexity index is 465. The van der Waals surface area contributed by atoms with Gasteiger partial charge in [-0.1, -0.05) is 12.1 Å². The third-order valence-corrected chi connectivity index (χ3v) is 4.77. The van der Waals surface area contributed by atoms with E-state index < -0.39 is 0 Å². The second kappa shape index (κ2) is 5.43. The van der Waals surface area contributed by atoms with Crippen molar-refractivity contribution >= 4 is 0 Å². The van der Waals surface area contributed by atoms with E-state index >= 15 is 0 Å². The fourth-order valence-corrected chi connectivity index (χ4v) is 4.08. The Labute approximate surface area is 119 Å². The number of nitrogens with zero attached hydrogens (tertiary/aromatic N) is 1. The van der Waals surface area contributed by atoms with E-state index in [2.05, 4.69) is 4.90 Å². The summed E-state index contributed by atoms with van der Waals surface area (Å²) in [5.41, 5.74) is 7.16. The maximum absolute atomic E-state index is 13.5. The quantitative estimate of drug-likeness (QED) is 0.891. The predicted molar refractivity (Wildman–Crippen MR) is 76.7 cm³/mol. The summed E-state index contributed by atoms with van der Waals surface area (Å²) in [5, 5.41) is 9.92. The van der Waals surface area contributed by atoms with Crippen LogP contribution in [-0.2, 0) is 0 Å². The zero-order chi connectivity index (χ0) is 14.3. The van der Waals surface area contributed by atoms with Gasteiger partial charge in [-0.05, 0) is 50.3 Å². The Morgan fingerprint density at radius 2 is 1.95 bits per heavy atom. The molecule has 0 aliphatic carbocycles. The number of fused-ring (bicyclic) bond motifs is 2. The van der Waals surface area contributed by atoms with Crippen LogP contribution in [0.15, 0.2) is 24.3 Å². The summed E-state index contributed by atoms with van der Waals surface area (Å²) < 4.78 is 13.5. The average molecular weight is 278 g/mol. The van der Waals surface area contributed by atoms with Crippen molar-refractivity contribution < 1.29 is 9.50 Å². The van der Waals surface area contributed by atoms with Crippen LogP contribution < -0.4 is 5.73 Å². The highest BCUT2D eigenvalue weighted by Gasteiger charge is 2.44. The predicted octanol–water partition coefficient (Wildman–Crippen LogP) is 2.20. The zero-order valence-corrected chi connectivity index (χ0v) is 11.9. The second-order valence-corrected chi connectivity index (χ2v) is 6.32. The van der Waals surface area contributed by atoms with Crippen LogP contribution in [0.5, 0.6) is 0 Å². The lowest BCUT2D eigenvalue weighted by atomic mass is 9.91. The molecule has 1 aromatic rings. The molecule has 0 amide bonds. The molecule has 0 saturated carbocycles. The minimum absolute atomic E-state index is 0.0377. The van der Waals surface area contributed by atoms with E-state index in [1.54, 1.807) is 12.1 Å². The molecule has 110 valence electrons. The van der Waals surface area contributed by atoms with Gasteiger partial charge in [-0.25, -0.2) is 4.39 Å². The van der Waals surface area contributed by atoms with Crippen LogP contribution in [0.3, 0.4) is 0 Å². The van der Waals surface area contributed by atoms with E-state index in [1.165, 1.54) is 6.07 Å². The third-order valence-electron chi connectivity index (χ3n) is 4.77. The number of aliphatic hydroxyl groups excluding tert-OH is 1. The Kier molecular flexibility index (Phi) is 3.80. The van der Waals surface area contributed by atoms with Gasteiger partial charge in [-0.3, -0.25) is 4.90 Å². The number of hydrogen-bond donors (Lipinski definition) is 2. The van der Waals surface area contributed by atoms with Crippen molar-refractivity contribution in [3.8, 4) is 0 Å². The molecule has 2 heterocycles. The molecule has 2 saturated heterocycles. The normalized spacial score (nSPS) is 33.1. The molecule has 0 spiro atoms. The maximum atomic E-state index is 13.5. The van der Waals surface area contributed by atoms with Crippen LogP contribution in [0.4, 0.5) is 4.39 Å². The van der Waals surface area contributed by atoms with Crippen LogP contribution in [-0.4, -0.2) is 34.2 Å². The Hall–Kier alpha value is -0.970. The van der Waals surface area contributed by atoms with Crippen molar-refractivity contribution in [3.05, 3.63) is 35.6 Å². The fraction of sp³-hybridized carbons (Fsp3) is 0.625. The van der Waals surface area contributed by atoms with Crippen LogP contribution in [0.1, 0.15) is 44.2 Å². The molecule has 1 aromatic carbocycles. The molecule has 0 aromatic heterocycles. The Balaban J connectivity index is 1.92. The highest BCUT2D eigenvalue weighted by atomic mass is 19.1. The van der Waals surface area contributed by atoms with Gasteiger partial charge in [0.05, 0.1) is 12.1 Å². The van der Waals surface area contributed by atoms with Crippen LogP contribution in [0.2, 0.25) is 0 Å². The molecule has 3 N–H and O–H groups in total. The van der Waals surface area contributed by atoms with Gasteiger partial charge in [0, 0.05) is 18.1 Å². The highest BCUT2D eigenvalue weighted by molar-refractivity contribution is 5.23. The summed E-state index contributed by atoms with van der Waals surface area (Å²) in [6, 6.07) is 7.51. The van der Waals surface area contributed by atoms with Gasteiger partial charge in [-0.2, -0.15) is 0 Å². The molecule has 2 aliphatic heterocycles. The van der Waals surface area contributed by atoms with E-state index in [1.807, 2.05) is 13.0 Å². The summed E-state index contributed by atoms with van der Waals surface area (Å²) in [4.78, 5) is 2.44. The molecule has 3 nitrogen and oxygen atoms in total. The number of benzene rings is 1. The summed E-state index contributed by atoms with van der Waals surface area (Å²) in [5.74, 6) is -0.211. The molecular formula is C16H23FN2O. The summed E-state index contributed by atoms with van der Waals surface area (Å²) in [6.07, 6.45) is 3.66. The van der Waals surface area contributed by atoms with Gasteiger partial charge in [0.15, 0.2) is 0 Å².